The Labute approximate surface area is 132 Å². The highest BCUT2D eigenvalue weighted by molar-refractivity contribution is 6.32. The van der Waals surface area contributed by atoms with Crippen LogP contribution < -0.4 is 21.3 Å². The van der Waals surface area contributed by atoms with Crippen LogP contribution in [0.4, 0.5) is 11.4 Å². The minimum Gasteiger partial charge on any atom is -0.495 e. The fourth-order valence-corrected chi connectivity index (χ4v) is 2.13. The minimum atomic E-state index is -0.352. The first-order chi connectivity index (χ1) is 10.0. The first-order valence-corrected chi connectivity index (χ1v) is 6.72. The SMILES string of the molecule is COc1cc(NC(=O)c2cc(Cl)ccc2NN)ccc1Cl. The Morgan fingerprint density at radius 3 is 2.62 bits per heavy atom. The number of benzene rings is 2. The molecule has 0 saturated carbocycles. The lowest BCUT2D eigenvalue weighted by atomic mass is 10.1. The number of anilines is 2. The Kier molecular flexibility index (Phi) is 4.90. The van der Waals surface area contributed by atoms with E-state index in [4.69, 9.17) is 33.8 Å². The molecule has 21 heavy (non-hydrogen) atoms. The Balaban J connectivity index is 2.28. The van der Waals surface area contributed by atoms with Gasteiger partial charge in [-0.3, -0.25) is 10.6 Å². The maximum Gasteiger partial charge on any atom is 0.257 e. The Hall–Kier alpha value is -1.95. The van der Waals surface area contributed by atoms with Crippen LogP contribution in [0.3, 0.4) is 0 Å². The van der Waals surface area contributed by atoms with E-state index < -0.39 is 0 Å². The van der Waals surface area contributed by atoms with Crippen molar-refractivity contribution in [3.63, 3.8) is 0 Å². The fraction of sp³-hybridized carbons (Fsp3) is 0.0714. The number of carbonyl (C=O) groups is 1. The maximum atomic E-state index is 12.3. The number of hydrazine groups is 1. The number of hydrogen-bond acceptors (Lipinski definition) is 4. The lowest BCUT2D eigenvalue weighted by Crippen LogP contribution is -2.17. The monoisotopic (exact) mass is 325 g/mol. The third kappa shape index (κ3) is 3.58. The number of ether oxygens (including phenoxy) is 1. The molecule has 0 fully saturated rings. The molecule has 0 bridgehead atoms. The average molecular weight is 326 g/mol. The van der Waals surface area contributed by atoms with Crippen LogP contribution in [-0.4, -0.2) is 13.0 Å². The van der Waals surface area contributed by atoms with Gasteiger partial charge in [-0.05, 0) is 30.3 Å². The molecule has 0 unspecified atom stereocenters. The summed E-state index contributed by atoms with van der Waals surface area (Å²) in [5.41, 5.74) is 3.80. The summed E-state index contributed by atoms with van der Waals surface area (Å²) in [4.78, 5) is 12.3. The molecule has 0 atom stereocenters. The van der Waals surface area contributed by atoms with Crippen LogP contribution in [0.25, 0.3) is 0 Å². The van der Waals surface area contributed by atoms with Crippen molar-refractivity contribution >= 4 is 40.5 Å². The van der Waals surface area contributed by atoms with Gasteiger partial charge in [-0.15, -0.1) is 0 Å². The molecule has 5 nitrogen and oxygen atoms in total. The molecule has 7 heteroatoms. The van der Waals surface area contributed by atoms with E-state index in [0.29, 0.717) is 32.7 Å². The first kappa shape index (κ1) is 15.4. The molecule has 0 spiro atoms. The van der Waals surface area contributed by atoms with Crippen LogP contribution in [-0.2, 0) is 0 Å². The van der Waals surface area contributed by atoms with Crippen LogP contribution in [0, 0.1) is 0 Å². The maximum absolute atomic E-state index is 12.3. The summed E-state index contributed by atoms with van der Waals surface area (Å²) < 4.78 is 5.10. The predicted molar refractivity (Wildman–Crippen MR) is 85.2 cm³/mol. The second kappa shape index (κ2) is 6.67. The third-order valence-corrected chi connectivity index (χ3v) is 3.34. The van der Waals surface area contributed by atoms with Gasteiger partial charge in [0.2, 0.25) is 0 Å². The van der Waals surface area contributed by atoms with Crippen molar-refractivity contribution in [3.8, 4) is 5.75 Å². The van der Waals surface area contributed by atoms with E-state index in [1.54, 1.807) is 30.3 Å². The quantitative estimate of drug-likeness (QED) is 0.593. The molecule has 2 aromatic carbocycles. The lowest BCUT2D eigenvalue weighted by molar-refractivity contribution is 0.102. The number of hydrogen-bond donors (Lipinski definition) is 3. The summed E-state index contributed by atoms with van der Waals surface area (Å²) in [6, 6.07) is 9.72. The van der Waals surface area contributed by atoms with E-state index in [2.05, 4.69) is 10.7 Å². The largest absolute Gasteiger partial charge is 0.495 e. The molecule has 2 rings (SSSR count). The summed E-state index contributed by atoms with van der Waals surface area (Å²) in [7, 11) is 1.50. The number of rotatable bonds is 4. The smallest absolute Gasteiger partial charge is 0.257 e. The summed E-state index contributed by atoms with van der Waals surface area (Å²) >= 11 is 11.8. The molecule has 2 aromatic rings. The molecule has 0 aliphatic rings. The molecule has 110 valence electrons. The predicted octanol–water partition coefficient (Wildman–Crippen LogP) is 3.54. The number of carbonyl (C=O) groups excluding carboxylic acids is 1. The van der Waals surface area contributed by atoms with Gasteiger partial charge in [0.05, 0.1) is 23.4 Å². The van der Waals surface area contributed by atoms with Crippen molar-refractivity contribution in [3.05, 3.63) is 52.0 Å². The van der Waals surface area contributed by atoms with E-state index in [-0.39, 0.29) is 5.91 Å². The summed E-state index contributed by atoms with van der Waals surface area (Å²) in [5.74, 6) is 5.50. The highest BCUT2D eigenvalue weighted by Gasteiger charge is 2.13. The van der Waals surface area contributed by atoms with Gasteiger partial charge in [0.1, 0.15) is 5.75 Å². The summed E-state index contributed by atoms with van der Waals surface area (Å²) in [6.45, 7) is 0. The zero-order valence-corrected chi connectivity index (χ0v) is 12.6. The van der Waals surface area contributed by atoms with E-state index in [9.17, 15) is 4.79 Å². The van der Waals surface area contributed by atoms with Gasteiger partial charge in [-0.1, -0.05) is 23.2 Å². The average Bonchev–Trinajstić information content (AvgIpc) is 2.49. The number of nitrogens with one attached hydrogen (secondary N) is 2. The fourth-order valence-electron chi connectivity index (χ4n) is 1.77. The molecule has 0 aliphatic carbocycles. The van der Waals surface area contributed by atoms with Crippen LogP contribution in [0.5, 0.6) is 5.75 Å². The Morgan fingerprint density at radius 1 is 1.19 bits per heavy atom. The summed E-state index contributed by atoms with van der Waals surface area (Å²) in [5, 5.41) is 3.63. The Morgan fingerprint density at radius 2 is 1.95 bits per heavy atom. The van der Waals surface area contributed by atoms with Crippen molar-refractivity contribution in [1.29, 1.82) is 0 Å². The molecule has 4 N–H and O–H groups in total. The lowest BCUT2D eigenvalue weighted by Gasteiger charge is -2.11. The van der Waals surface area contributed by atoms with E-state index in [1.807, 2.05) is 0 Å². The van der Waals surface area contributed by atoms with Crippen molar-refractivity contribution < 1.29 is 9.53 Å². The number of nitrogens with two attached hydrogens (primary N) is 1. The van der Waals surface area contributed by atoms with Crippen LogP contribution in [0.15, 0.2) is 36.4 Å². The number of methoxy groups -OCH3 is 1. The number of nitrogen functional groups attached to an aromatic ring is 1. The molecule has 0 aromatic heterocycles. The van der Waals surface area contributed by atoms with E-state index in [1.165, 1.54) is 13.2 Å². The van der Waals surface area contributed by atoms with E-state index in [0.717, 1.165) is 0 Å². The number of amides is 1. The normalized spacial score (nSPS) is 10.1. The van der Waals surface area contributed by atoms with Gasteiger partial charge in [-0.2, -0.15) is 0 Å². The molecule has 1 amide bonds. The van der Waals surface area contributed by atoms with E-state index >= 15 is 0 Å². The van der Waals surface area contributed by atoms with Crippen molar-refractivity contribution in [2.24, 2.45) is 5.84 Å². The van der Waals surface area contributed by atoms with Gasteiger partial charge >= 0.3 is 0 Å². The van der Waals surface area contributed by atoms with Gasteiger partial charge < -0.3 is 15.5 Å². The number of halogens is 2. The standard InChI is InChI=1S/C14H13Cl2N3O2/c1-21-13-7-9(3-4-11(13)16)18-14(20)10-6-8(15)2-5-12(10)19-17/h2-7,19H,17H2,1H3,(H,18,20). The third-order valence-electron chi connectivity index (χ3n) is 2.79. The zero-order valence-electron chi connectivity index (χ0n) is 11.1. The van der Waals surface area contributed by atoms with Crippen LogP contribution in [0.1, 0.15) is 10.4 Å². The highest BCUT2D eigenvalue weighted by atomic mass is 35.5. The molecule has 0 aliphatic heterocycles. The van der Waals surface area contributed by atoms with Gasteiger partial charge in [-0.25, -0.2) is 0 Å². The van der Waals surface area contributed by atoms with Crippen molar-refractivity contribution in [1.82, 2.24) is 0 Å². The van der Waals surface area contributed by atoms with Gasteiger partial charge in [0.15, 0.2) is 0 Å². The molecule has 0 heterocycles. The zero-order chi connectivity index (χ0) is 15.4. The molecular weight excluding hydrogens is 313 g/mol. The second-order valence-electron chi connectivity index (χ2n) is 4.14. The molecule has 0 radical (unpaired) electrons. The van der Waals surface area contributed by atoms with Crippen LogP contribution in [0.2, 0.25) is 10.0 Å². The molecule has 0 saturated heterocycles. The van der Waals surface area contributed by atoms with Gasteiger partial charge in [0, 0.05) is 16.8 Å². The first-order valence-electron chi connectivity index (χ1n) is 5.96. The Bertz CT molecular complexity index is 677. The van der Waals surface area contributed by atoms with Crippen molar-refractivity contribution in [2.75, 3.05) is 17.9 Å². The minimum absolute atomic E-state index is 0.332. The topological polar surface area (TPSA) is 76.4 Å². The van der Waals surface area contributed by atoms with Crippen LogP contribution >= 0.6 is 23.2 Å². The highest BCUT2D eigenvalue weighted by Crippen LogP contribution is 2.28. The van der Waals surface area contributed by atoms with Gasteiger partial charge in [0.25, 0.3) is 5.91 Å². The molecular formula is C14H13Cl2N3O2. The second-order valence-corrected chi connectivity index (χ2v) is 4.98. The summed E-state index contributed by atoms with van der Waals surface area (Å²) in [6.07, 6.45) is 0. The van der Waals surface area contributed by atoms with Crippen molar-refractivity contribution in [2.45, 2.75) is 0 Å².